The van der Waals surface area contributed by atoms with E-state index in [-0.39, 0.29) is 12.0 Å². The number of methoxy groups -OCH3 is 1. The van der Waals surface area contributed by atoms with Gasteiger partial charge < -0.3 is 9.47 Å². The van der Waals surface area contributed by atoms with E-state index in [1.165, 1.54) is 0 Å². The predicted octanol–water partition coefficient (Wildman–Crippen LogP) is 2.73. The van der Waals surface area contributed by atoms with Crippen LogP contribution in [0.15, 0.2) is 41.9 Å². The van der Waals surface area contributed by atoms with Gasteiger partial charge in [0.05, 0.1) is 13.2 Å². The molecule has 0 saturated carbocycles. The Morgan fingerprint density at radius 1 is 1.44 bits per heavy atom. The summed E-state index contributed by atoms with van der Waals surface area (Å²) in [5.41, 5.74) is 2.06. The van der Waals surface area contributed by atoms with Gasteiger partial charge in [-0.25, -0.2) is 0 Å². The van der Waals surface area contributed by atoms with Crippen molar-refractivity contribution in [1.82, 2.24) is 0 Å². The molecule has 0 radical (unpaired) electrons. The summed E-state index contributed by atoms with van der Waals surface area (Å²) in [5, 5.41) is 0. The maximum Gasteiger partial charge on any atom is 0.127 e. The molecule has 2 aliphatic heterocycles. The van der Waals surface area contributed by atoms with Crippen LogP contribution in [0.2, 0.25) is 0 Å². The lowest BCUT2D eigenvalue weighted by Gasteiger charge is -2.21. The lowest BCUT2D eigenvalue weighted by Crippen LogP contribution is -2.24. The molecule has 0 aromatic heterocycles. The summed E-state index contributed by atoms with van der Waals surface area (Å²) in [4.78, 5) is 4.46. The molecular weight excluding hydrogens is 226 g/mol. The predicted molar refractivity (Wildman–Crippen MR) is 72.4 cm³/mol. The molecule has 0 bridgehead atoms. The number of fused-ring (bicyclic) bond motifs is 2. The second-order valence-electron chi connectivity index (χ2n) is 4.47. The zero-order valence-corrected chi connectivity index (χ0v) is 10.3. The van der Waals surface area contributed by atoms with Gasteiger partial charge in [0.25, 0.3) is 0 Å². The molecule has 1 aromatic rings. The summed E-state index contributed by atoms with van der Waals surface area (Å²) < 4.78 is 11.1. The average Bonchev–Trinajstić information content (AvgIpc) is 2.57. The van der Waals surface area contributed by atoms with E-state index in [0.29, 0.717) is 6.61 Å². The number of benzene rings is 1. The van der Waals surface area contributed by atoms with E-state index < -0.39 is 0 Å². The normalized spacial score (nSPS) is 24.8. The van der Waals surface area contributed by atoms with E-state index in [4.69, 9.17) is 9.47 Å². The summed E-state index contributed by atoms with van der Waals surface area (Å²) in [6.07, 6.45) is 5.93. The van der Waals surface area contributed by atoms with Gasteiger partial charge in [0.1, 0.15) is 18.1 Å². The van der Waals surface area contributed by atoms with E-state index in [2.05, 4.69) is 17.6 Å². The van der Waals surface area contributed by atoms with Crippen LogP contribution >= 0.6 is 0 Å². The molecule has 2 heterocycles. The lowest BCUT2D eigenvalue weighted by atomic mass is 9.87. The summed E-state index contributed by atoms with van der Waals surface area (Å²) in [6.45, 7) is 4.80. The van der Waals surface area contributed by atoms with Gasteiger partial charge >= 0.3 is 0 Å². The van der Waals surface area contributed by atoms with E-state index in [0.717, 1.165) is 22.6 Å². The molecule has 18 heavy (non-hydrogen) atoms. The van der Waals surface area contributed by atoms with Gasteiger partial charge in [-0.05, 0) is 29.8 Å². The second-order valence-corrected chi connectivity index (χ2v) is 4.47. The van der Waals surface area contributed by atoms with Crippen LogP contribution < -0.4 is 9.47 Å². The fourth-order valence-corrected chi connectivity index (χ4v) is 2.41. The molecule has 92 valence electrons. The van der Waals surface area contributed by atoms with Crippen LogP contribution in [0.25, 0.3) is 5.57 Å². The highest BCUT2D eigenvalue weighted by molar-refractivity contribution is 5.79. The van der Waals surface area contributed by atoms with Crippen LogP contribution in [0.3, 0.4) is 0 Å². The van der Waals surface area contributed by atoms with Gasteiger partial charge in [0.15, 0.2) is 0 Å². The van der Waals surface area contributed by atoms with Gasteiger partial charge in [-0.2, -0.15) is 0 Å². The van der Waals surface area contributed by atoms with Gasteiger partial charge in [-0.1, -0.05) is 12.7 Å². The first-order valence-corrected chi connectivity index (χ1v) is 5.99. The first-order valence-electron chi connectivity index (χ1n) is 5.99. The second kappa shape index (κ2) is 4.33. The highest BCUT2D eigenvalue weighted by Crippen LogP contribution is 2.39. The monoisotopic (exact) mass is 241 g/mol. The summed E-state index contributed by atoms with van der Waals surface area (Å²) >= 11 is 0. The zero-order chi connectivity index (χ0) is 12.5. The van der Waals surface area contributed by atoms with Crippen LogP contribution in [-0.2, 0) is 0 Å². The third-order valence-electron chi connectivity index (χ3n) is 3.44. The Labute approximate surface area is 106 Å². The SMILES string of the molecule is C=C1c2cc(OC)ccc2OCC2N=CC=CC12. The molecular formula is C15H15NO2. The number of ether oxygens (including phenoxy) is 2. The number of hydrogen-bond donors (Lipinski definition) is 0. The van der Waals surface area contributed by atoms with E-state index in [1.54, 1.807) is 7.11 Å². The maximum atomic E-state index is 5.82. The Balaban J connectivity index is 2.05. The van der Waals surface area contributed by atoms with Crippen molar-refractivity contribution in [3.63, 3.8) is 0 Å². The minimum atomic E-state index is 0.126. The van der Waals surface area contributed by atoms with Crippen LogP contribution in [0.4, 0.5) is 0 Å². The summed E-state index contributed by atoms with van der Waals surface area (Å²) in [6, 6.07) is 5.94. The Kier molecular flexibility index (Phi) is 2.67. The fraction of sp³-hybridized carbons (Fsp3) is 0.267. The highest BCUT2D eigenvalue weighted by Gasteiger charge is 2.29. The third kappa shape index (κ3) is 1.72. The van der Waals surface area contributed by atoms with Crippen molar-refractivity contribution in [2.45, 2.75) is 6.04 Å². The minimum Gasteiger partial charge on any atom is -0.497 e. The van der Waals surface area contributed by atoms with Crippen molar-refractivity contribution in [3.05, 3.63) is 42.5 Å². The number of allylic oxidation sites excluding steroid dienone is 1. The van der Waals surface area contributed by atoms with Gasteiger partial charge in [-0.3, -0.25) is 4.99 Å². The van der Waals surface area contributed by atoms with Crippen molar-refractivity contribution < 1.29 is 9.47 Å². The quantitative estimate of drug-likeness (QED) is 0.757. The summed E-state index contributed by atoms with van der Waals surface area (Å²) in [5.74, 6) is 1.89. The Bertz CT molecular complexity index is 545. The lowest BCUT2D eigenvalue weighted by molar-refractivity contribution is 0.284. The molecule has 0 spiro atoms. The molecule has 2 atom stereocenters. The number of hydrogen-bond acceptors (Lipinski definition) is 3. The first kappa shape index (κ1) is 11.1. The van der Waals surface area contributed by atoms with Crippen molar-refractivity contribution in [1.29, 1.82) is 0 Å². The van der Waals surface area contributed by atoms with Gasteiger partial charge in [0, 0.05) is 17.7 Å². The molecule has 3 rings (SSSR count). The Morgan fingerprint density at radius 3 is 3.17 bits per heavy atom. The van der Waals surface area contributed by atoms with Gasteiger partial charge in [-0.15, -0.1) is 0 Å². The fourth-order valence-electron chi connectivity index (χ4n) is 2.41. The Morgan fingerprint density at radius 2 is 2.33 bits per heavy atom. The van der Waals surface area contributed by atoms with Crippen LogP contribution in [0, 0.1) is 5.92 Å². The van der Waals surface area contributed by atoms with Crippen LogP contribution in [-0.4, -0.2) is 26.0 Å². The number of rotatable bonds is 1. The van der Waals surface area contributed by atoms with E-state index in [9.17, 15) is 0 Å². The largest absolute Gasteiger partial charge is 0.497 e. The smallest absolute Gasteiger partial charge is 0.127 e. The zero-order valence-electron chi connectivity index (χ0n) is 10.3. The number of aliphatic imine (C=N–C) groups is 1. The molecule has 0 saturated heterocycles. The van der Waals surface area contributed by atoms with E-state index in [1.807, 2.05) is 30.5 Å². The van der Waals surface area contributed by atoms with Crippen molar-refractivity contribution in [2.24, 2.45) is 10.9 Å². The first-order chi connectivity index (χ1) is 8.79. The maximum absolute atomic E-state index is 5.82. The molecule has 3 heteroatoms. The highest BCUT2D eigenvalue weighted by atomic mass is 16.5. The molecule has 0 aliphatic carbocycles. The molecule has 0 amide bonds. The molecule has 1 aromatic carbocycles. The minimum absolute atomic E-state index is 0.126. The third-order valence-corrected chi connectivity index (χ3v) is 3.44. The molecule has 0 fully saturated rings. The number of nitrogens with zero attached hydrogens (tertiary/aromatic N) is 1. The van der Waals surface area contributed by atoms with E-state index >= 15 is 0 Å². The number of dihydropyridines is 1. The standard InChI is InChI=1S/C15H15NO2/c1-10-12-4-3-7-16-14(12)9-18-15-6-5-11(17-2)8-13(10)15/h3-8,12,14H,1,9H2,2H3. The average molecular weight is 241 g/mol. The van der Waals surface area contributed by atoms with Crippen molar-refractivity contribution in [3.8, 4) is 11.5 Å². The molecule has 2 unspecified atom stereocenters. The van der Waals surface area contributed by atoms with Crippen LogP contribution in [0.5, 0.6) is 11.5 Å². The Hall–Kier alpha value is -2.03. The topological polar surface area (TPSA) is 30.8 Å². The molecule has 2 aliphatic rings. The summed E-state index contributed by atoms with van der Waals surface area (Å²) in [7, 11) is 1.66. The molecule has 3 nitrogen and oxygen atoms in total. The van der Waals surface area contributed by atoms with Gasteiger partial charge in [0.2, 0.25) is 0 Å². The molecule has 0 N–H and O–H groups in total. The van der Waals surface area contributed by atoms with Crippen molar-refractivity contribution in [2.75, 3.05) is 13.7 Å². The van der Waals surface area contributed by atoms with Crippen LogP contribution in [0.1, 0.15) is 5.56 Å². The van der Waals surface area contributed by atoms with Crippen molar-refractivity contribution >= 4 is 11.8 Å².